The molecule has 0 aliphatic carbocycles. The van der Waals surface area contributed by atoms with Crippen LogP contribution in [-0.4, -0.2) is 25.8 Å². The van der Waals surface area contributed by atoms with E-state index in [-0.39, 0.29) is 0 Å². The van der Waals surface area contributed by atoms with Gasteiger partial charge in [-0.3, -0.25) is 0 Å². The molecule has 0 radical (unpaired) electrons. The second-order valence-electron chi connectivity index (χ2n) is 5.82. The van der Waals surface area contributed by atoms with Gasteiger partial charge in [-0.15, -0.1) is 0 Å². The van der Waals surface area contributed by atoms with Crippen molar-refractivity contribution in [2.45, 2.75) is 30.6 Å². The summed E-state index contributed by atoms with van der Waals surface area (Å²) in [6.45, 7) is 1.19. The number of para-hydroxylation sites is 1. The molecule has 4 nitrogen and oxygen atoms in total. The Bertz CT molecular complexity index is 782. The number of halogens is 1. The number of hydrogen-bond donors (Lipinski definition) is 0. The van der Waals surface area contributed by atoms with Gasteiger partial charge < -0.3 is 4.74 Å². The van der Waals surface area contributed by atoms with Gasteiger partial charge in [0.1, 0.15) is 11.5 Å². The molecule has 0 bridgehead atoms. The fourth-order valence-electron chi connectivity index (χ4n) is 2.77. The second kappa shape index (κ2) is 7.55. The lowest BCUT2D eigenvalue weighted by molar-refractivity contribution is 0.423. The van der Waals surface area contributed by atoms with Crippen molar-refractivity contribution in [3.8, 4) is 11.5 Å². The lowest BCUT2D eigenvalue weighted by Gasteiger charge is -2.20. The van der Waals surface area contributed by atoms with E-state index in [0.717, 1.165) is 25.7 Å². The third-order valence-corrected chi connectivity index (χ3v) is 6.32. The molecule has 0 N–H and O–H groups in total. The number of nitrogens with zero attached hydrogens (tertiary/aromatic N) is 1. The van der Waals surface area contributed by atoms with Crippen LogP contribution in [0.25, 0.3) is 0 Å². The highest BCUT2D eigenvalue weighted by atomic mass is 35.5. The van der Waals surface area contributed by atoms with E-state index in [9.17, 15) is 8.42 Å². The molecule has 1 aliphatic rings. The first-order valence-corrected chi connectivity index (χ1v) is 9.92. The Morgan fingerprint density at radius 2 is 1.50 bits per heavy atom. The summed E-state index contributed by atoms with van der Waals surface area (Å²) >= 11 is 6.07. The van der Waals surface area contributed by atoms with Gasteiger partial charge in [-0.05, 0) is 49.2 Å². The molecule has 2 aromatic carbocycles. The highest BCUT2D eigenvalue weighted by molar-refractivity contribution is 7.89. The van der Waals surface area contributed by atoms with Gasteiger partial charge in [0.05, 0.1) is 9.92 Å². The second-order valence-corrected chi connectivity index (χ2v) is 8.17. The Morgan fingerprint density at radius 1 is 0.875 bits per heavy atom. The Hall–Kier alpha value is -1.56. The standard InChI is InChI=1S/C18H20ClNO3S/c19-17-7-3-4-8-18(17)23-15-9-11-16(12-10-15)24(21,22)20-13-5-1-2-6-14-20/h3-4,7-12H,1-2,5-6,13-14H2. The number of hydrogen-bond acceptors (Lipinski definition) is 3. The van der Waals surface area contributed by atoms with Crippen molar-refractivity contribution in [2.24, 2.45) is 0 Å². The zero-order chi connectivity index (χ0) is 17.0. The first-order valence-electron chi connectivity index (χ1n) is 8.10. The molecular formula is C18H20ClNO3S. The molecule has 6 heteroatoms. The van der Waals surface area contributed by atoms with E-state index in [1.807, 2.05) is 12.1 Å². The number of rotatable bonds is 4. The average Bonchev–Trinajstić information content (AvgIpc) is 2.87. The molecule has 1 heterocycles. The minimum Gasteiger partial charge on any atom is -0.456 e. The maximum absolute atomic E-state index is 12.7. The Balaban J connectivity index is 1.77. The largest absolute Gasteiger partial charge is 0.456 e. The van der Waals surface area contributed by atoms with Crippen molar-refractivity contribution in [2.75, 3.05) is 13.1 Å². The van der Waals surface area contributed by atoms with Gasteiger partial charge in [0.2, 0.25) is 10.0 Å². The molecule has 3 rings (SSSR count). The molecular weight excluding hydrogens is 346 g/mol. The van der Waals surface area contributed by atoms with Crippen molar-refractivity contribution < 1.29 is 13.2 Å². The lowest BCUT2D eigenvalue weighted by atomic mass is 10.2. The van der Waals surface area contributed by atoms with Crippen LogP contribution >= 0.6 is 11.6 Å². The number of benzene rings is 2. The van der Waals surface area contributed by atoms with Crippen LogP contribution in [0.4, 0.5) is 0 Å². The number of sulfonamides is 1. The molecule has 0 saturated carbocycles. The molecule has 0 unspecified atom stereocenters. The van der Waals surface area contributed by atoms with Crippen LogP contribution in [0.15, 0.2) is 53.4 Å². The summed E-state index contributed by atoms with van der Waals surface area (Å²) in [5, 5.41) is 0.513. The van der Waals surface area contributed by atoms with Gasteiger partial charge in [-0.1, -0.05) is 36.6 Å². The molecule has 128 valence electrons. The highest BCUT2D eigenvalue weighted by Gasteiger charge is 2.25. The van der Waals surface area contributed by atoms with Crippen LogP contribution in [0.5, 0.6) is 11.5 Å². The Morgan fingerprint density at radius 3 is 2.12 bits per heavy atom. The first kappa shape index (κ1) is 17.3. The summed E-state index contributed by atoms with van der Waals surface area (Å²) in [6, 6.07) is 13.7. The van der Waals surface area contributed by atoms with Gasteiger partial charge in [-0.2, -0.15) is 4.31 Å². The van der Waals surface area contributed by atoms with Crippen molar-refractivity contribution in [1.29, 1.82) is 0 Å². The zero-order valence-corrected chi connectivity index (χ0v) is 14.9. The summed E-state index contributed by atoms with van der Waals surface area (Å²) in [5.74, 6) is 1.10. The third kappa shape index (κ3) is 3.91. The minimum atomic E-state index is -3.43. The SMILES string of the molecule is O=S(=O)(c1ccc(Oc2ccccc2Cl)cc1)N1CCCCCC1. The molecule has 1 saturated heterocycles. The maximum Gasteiger partial charge on any atom is 0.243 e. The van der Waals surface area contributed by atoms with Crippen LogP contribution < -0.4 is 4.74 Å². The molecule has 0 atom stereocenters. The van der Waals surface area contributed by atoms with Crippen LogP contribution in [0, 0.1) is 0 Å². The molecule has 0 spiro atoms. The first-order chi connectivity index (χ1) is 11.6. The Labute approximate surface area is 148 Å². The normalized spacial score (nSPS) is 16.5. The molecule has 1 aliphatic heterocycles. The van der Waals surface area contributed by atoms with Gasteiger partial charge in [-0.25, -0.2) is 8.42 Å². The molecule has 0 amide bonds. The summed E-state index contributed by atoms with van der Waals surface area (Å²) < 4.78 is 32.7. The topological polar surface area (TPSA) is 46.6 Å². The highest BCUT2D eigenvalue weighted by Crippen LogP contribution is 2.30. The van der Waals surface area contributed by atoms with Crippen molar-refractivity contribution in [3.63, 3.8) is 0 Å². The van der Waals surface area contributed by atoms with Crippen LogP contribution in [0.3, 0.4) is 0 Å². The van der Waals surface area contributed by atoms with E-state index in [2.05, 4.69) is 0 Å². The average molecular weight is 366 g/mol. The quantitative estimate of drug-likeness (QED) is 0.789. The van der Waals surface area contributed by atoms with E-state index in [1.165, 1.54) is 0 Å². The van der Waals surface area contributed by atoms with Crippen LogP contribution in [-0.2, 0) is 10.0 Å². The fraction of sp³-hybridized carbons (Fsp3) is 0.333. The third-order valence-electron chi connectivity index (χ3n) is 4.09. The van der Waals surface area contributed by atoms with Gasteiger partial charge >= 0.3 is 0 Å². The minimum absolute atomic E-state index is 0.302. The predicted molar refractivity (Wildman–Crippen MR) is 95.2 cm³/mol. The van der Waals surface area contributed by atoms with E-state index >= 15 is 0 Å². The molecule has 1 fully saturated rings. The van der Waals surface area contributed by atoms with E-state index in [4.69, 9.17) is 16.3 Å². The number of ether oxygens (including phenoxy) is 1. The summed E-state index contributed by atoms with van der Waals surface area (Å²) in [6.07, 6.45) is 4.03. The van der Waals surface area contributed by atoms with Gasteiger partial charge in [0, 0.05) is 13.1 Å². The monoisotopic (exact) mass is 365 g/mol. The maximum atomic E-state index is 12.7. The van der Waals surface area contributed by atoms with Crippen molar-refractivity contribution >= 4 is 21.6 Å². The summed E-state index contributed by atoms with van der Waals surface area (Å²) in [5.41, 5.74) is 0. The van der Waals surface area contributed by atoms with Gasteiger partial charge in [0.25, 0.3) is 0 Å². The summed E-state index contributed by atoms with van der Waals surface area (Å²) in [7, 11) is -3.43. The van der Waals surface area contributed by atoms with Crippen molar-refractivity contribution in [3.05, 3.63) is 53.6 Å². The van der Waals surface area contributed by atoms with Crippen molar-refractivity contribution in [1.82, 2.24) is 4.31 Å². The molecule has 24 heavy (non-hydrogen) atoms. The summed E-state index contributed by atoms with van der Waals surface area (Å²) in [4.78, 5) is 0.302. The van der Waals surface area contributed by atoms with Crippen LogP contribution in [0.1, 0.15) is 25.7 Å². The smallest absolute Gasteiger partial charge is 0.243 e. The fourth-order valence-corrected chi connectivity index (χ4v) is 4.46. The van der Waals surface area contributed by atoms with E-state index < -0.39 is 10.0 Å². The molecule has 2 aromatic rings. The van der Waals surface area contributed by atoms with Crippen LogP contribution in [0.2, 0.25) is 5.02 Å². The van der Waals surface area contributed by atoms with Gasteiger partial charge in [0.15, 0.2) is 0 Å². The predicted octanol–water partition coefficient (Wildman–Crippen LogP) is 4.70. The van der Waals surface area contributed by atoms with E-state index in [0.29, 0.717) is 34.5 Å². The zero-order valence-electron chi connectivity index (χ0n) is 13.3. The Kier molecular flexibility index (Phi) is 5.43. The van der Waals surface area contributed by atoms with E-state index in [1.54, 1.807) is 40.7 Å². The molecule has 0 aromatic heterocycles. The lowest BCUT2D eigenvalue weighted by Crippen LogP contribution is -2.31.